The maximum absolute atomic E-state index is 14.2. The highest BCUT2D eigenvalue weighted by atomic mass is 35.5. The van der Waals surface area contributed by atoms with Gasteiger partial charge in [-0.05, 0) is 48.5 Å². The van der Waals surface area contributed by atoms with E-state index in [1.54, 1.807) is 0 Å². The Morgan fingerprint density at radius 2 is 1.44 bits per heavy atom. The molecular weight excluding hydrogens is 497 g/mol. The first-order valence-electron chi connectivity index (χ1n) is 9.18. The summed E-state index contributed by atoms with van der Waals surface area (Å²) in [5, 5.41) is 2.39. The molecule has 1 aromatic heterocycles. The molecule has 0 bridgehead atoms. The van der Waals surface area contributed by atoms with Gasteiger partial charge in [0.15, 0.2) is 0 Å². The molecule has 34 heavy (non-hydrogen) atoms. The standard InChI is InChI=1S/C20H10ClF7N4O2/c21-10-3-1-9(2-4-10)14-29-15-13(18(31-14,19(23,24)25)20(26,27)28)16(33)30-17(34)32(15)12-7-5-11(22)6-8-12/h1-8H,(H,29,31)(H,30,33,34). The number of aliphatic imine (C=N–C) groups is 1. The Labute approximate surface area is 189 Å². The Kier molecular flexibility index (Phi) is 5.35. The monoisotopic (exact) mass is 506 g/mol. The first kappa shape index (κ1) is 23.5. The van der Waals surface area contributed by atoms with Crippen LogP contribution in [0.5, 0.6) is 0 Å². The molecule has 2 aromatic carbocycles. The van der Waals surface area contributed by atoms with Crippen molar-refractivity contribution >= 4 is 23.3 Å². The molecule has 6 nitrogen and oxygen atoms in total. The summed E-state index contributed by atoms with van der Waals surface area (Å²) in [4.78, 5) is 29.4. The van der Waals surface area contributed by atoms with Crippen LogP contribution >= 0.6 is 11.6 Å². The molecule has 1 aliphatic heterocycles. The third-order valence-electron chi connectivity index (χ3n) is 5.01. The molecule has 1 aliphatic rings. The summed E-state index contributed by atoms with van der Waals surface area (Å²) < 4.78 is 99.1. The molecule has 0 atom stereocenters. The van der Waals surface area contributed by atoms with Gasteiger partial charge in [-0.15, -0.1) is 0 Å². The predicted octanol–water partition coefficient (Wildman–Crippen LogP) is 4.51. The SMILES string of the molecule is O=c1[nH]c(=O)n(-c2ccc(F)cc2)c2c1C(C(F)(F)F)(C(F)(F)F)N=C(c1ccc(Cl)cc1)N2. The number of H-pyrrole nitrogens is 1. The first-order chi connectivity index (χ1) is 15.8. The van der Waals surface area contributed by atoms with E-state index in [0.717, 1.165) is 36.4 Å². The molecule has 0 saturated heterocycles. The highest BCUT2D eigenvalue weighted by Crippen LogP contribution is 2.55. The van der Waals surface area contributed by atoms with E-state index in [9.17, 15) is 40.3 Å². The average molecular weight is 507 g/mol. The van der Waals surface area contributed by atoms with E-state index < -0.39 is 52.2 Å². The molecule has 4 rings (SSSR count). The van der Waals surface area contributed by atoms with Gasteiger partial charge in [-0.3, -0.25) is 9.78 Å². The predicted molar refractivity (Wildman–Crippen MR) is 108 cm³/mol. The molecule has 0 spiro atoms. The van der Waals surface area contributed by atoms with E-state index in [2.05, 4.69) is 10.3 Å². The van der Waals surface area contributed by atoms with Crippen LogP contribution in [0, 0.1) is 5.82 Å². The van der Waals surface area contributed by atoms with Crippen molar-refractivity contribution in [2.75, 3.05) is 5.32 Å². The number of aromatic amines is 1. The van der Waals surface area contributed by atoms with E-state index in [1.165, 1.54) is 17.1 Å². The van der Waals surface area contributed by atoms with Gasteiger partial charge in [-0.2, -0.15) is 26.3 Å². The quantitative estimate of drug-likeness (QED) is 0.502. The third kappa shape index (κ3) is 3.56. The van der Waals surface area contributed by atoms with Crippen LogP contribution in [0.25, 0.3) is 5.69 Å². The van der Waals surface area contributed by atoms with E-state index in [4.69, 9.17) is 11.6 Å². The summed E-state index contributed by atoms with van der Waals surface area (Å²) in [7, 11) is 0. The van der Waals surface area contributed by atoms with Gasteiger partial charge in [0.25, 0.3) is 11.1 Å². The van der Waals surface area contributed by atoms with Crippen molar-refractivity contribution in [3.05, 3.63) is 91.3 Å². The Morgan fingerprint density at radius 3 is 1.97 bits per heavy atom. The molecule has 0 radical (unpaired) electrons. The first-order valence-corrected chi connectivity index (χ1v) is 9.56. The number of rotatable bonds is 2. The minimum Gasteiger partial charge on any atom is -0.325 e. The van der Waals surface area contributed by atoms with Crippen molar-refractivity contribution in [3.8, 4) is 5.69 Å². The molecule has 0 unspecified atom stereocenters. The zero-order valence-electron chi connectivity index (χ0n) is 16.4. The van der Waals surface area contributed by atoms with Crippen molar-refractivity contribution in [2.24, 2.45) is 4.99 Å². The number of aromatic nitrogens is 2. The minimum absolute atomic E-state index is 0.137. The van der Waals surface area contributed by atoms with Crippen LogP contribution in [-0.2, 0) is 5.54 Å². The number of alkyl halides is 6. The number of halogens is 8. The van der Waals surface area contributed by atoms with E-state index in [-0.39, 0.29) is 16.3 Å². The summed E-state index contributed by atoms with van der Waals surface area (Å²) in [6.45, 7) is 0. The van der Waals surface area contributed by atoms with Gasteiger partial charge in [-0.25, -0.2) is 18.7 Å². The van der Waals surface area contributed by atoms with Crippen LogP contribution in [-0.4, -0.2) is 27.7 Å². The molecule has 0 amide bonds. The van der Waals surface area contributed by atoms with Crippen molar-refractivity contribution in [1.29, 1.82) is 0 Å². The number of amidine groups is 1. The number of nitrogens with one attached hydrogen (secondary N) is 2. The van der Waals surface area contributed by atoms with Gasteiger partial charge >= 0.3 is 18.0 Å². The molecule has 178 valence electrons. The summed E-state index contributed by atoms with van der Waals surface area (Å²) >= 11 is 5.75. The smallest absolute Gasteiger partial charge is 0.325 e. The van der Waals surface area contributed by atoms with Gasteiger partial charge in [0.05, 0.1) is 5.69 Å². The lowest BCUT2D eigenvalue weighted by Gasteiger charge is -2.38. The third-order valence-corrected chi connectivity index (χ3v) is 5.26. The van der Waals surface area contributed by atoms with Crippen LogP contribution in [0.3, 0.4) is 0 Å². The zero-order chi connectivity index (χ0) is 25.1. The molecule has 2 heterocycles. The Morgan fingerprint density at radius 1 is 0.882 bits per heavy atom. The van der Waals surface area contributed by atoms with Gasteiger partial charge in [-0.1, -0.05) is 11.6 Å². The average Bonchev–Trinajstić information content (AvgIpc) is 2.73. The van der Waals surface area contributed by atoms with Crippen LogP contribution < -0.4 is 16.6 Å². The number of hydrogen-bond donors (Lipinski definition) is 2. The fourth-order valence-electron chi connectivity index (χ4n) is 3.51. The van der Waals surface area contributed by atoms with Crippen LogP contribution in [0.15, 0.2) is 63.1 Å². The minimum atomic E-state index is -6.15. The number of benzene rings is 2. The number of anilines is 1. The maximum Gasteiger partial charge on any atom is 0.427 e. The molecule has 0 aliphatic carbocycles. The van der Waals surface area contributed by atoms with Crippen molar-refractivity contribution in [1.82, 2.24) is 9.55 Å². The van der Waals surface area contributed by atoms with E-state index in [0.29, 0.717) is 4.57 Å². The Bertz CT molecular complexity index is 1390. The van der Waals surface area contributed by atoms with Crippen LogP contribution in [0.1, 0.15) is 11.1 Å². The summed E-state index contributed by atoms with van der Waals surface area (Å²) in [6, 6.07) is 8.14. The molecule has 14 heteroatoms. The lowest BCUT2D eigenvalue weighted by Crippen LogP contribution is -2.59. The van der Waals surface area contributed by atoms with Gasteiger partial charge in [0.2, 0.25) is 0 Å². The molecule has 2 N–H and O–H groups in total. The largest absolute Gasteiger partial charge is 0.427 e. The van der Waals surface area contributed by atoms with Crippen LogP contribution in [0.2, 0.25) is 5.02 Å². The molecular formula is C20H10ClF7N4O2. The summed E-state index contributed by atoms with van der Waals surface area (Å²) in [5.74, 6) is -2.85. The molecule has 0 saturated carbocycles. The second kappa shape index (κ2) is 7.72. The number of fused-ring (bicyclic) bond motifs is 1. The van der Waals surface area contributed by atoms with E-state index in [1.807, 2.05) is 0 Å². The van der Waals surface area contributed by atoms with E-state index >= 15 is 0 Å². The Hall–Kier alpha value is -3.61. The lowest BCUT2D eigenvalue weighted by molar-refractivity contribution is -0.301. The van der Waals surface area contributed by atoms with Crippen molar-refractivity contribution in [3.63, 3.8) is 0 Å². The zero-order valence-corrected chi connectivity index (χ0v) is 17.1. The number of nitrogens with zero attached hydrogens (tertiary/aromatic N) is 2. The second-order valence-corrected chi connectivity index (χ2v) is 7.53. The highest BCUT2D eigenvalue weighted by molar-refractivity contribution is 6.30. The highest BCUT2D eigenvalue weighted by Gasteiger charge is 2.75. The van der Waals surface area contributed by atoms with Crippen molar-refractivity contribution in [2.45, 2.75) is 17.9 Å². The summed E-state index contributed by atoms with van der Waals surface area (Å²) in [5.41, 5.74) is -10.8. The summed E-state index contributed by atoms with van der Waals surface area (Å²) in [6.07, 6.45) is -12.3. The Balaban J connectivity index is 2.17. The fourth-order valence-corrected chi connectivity index (χ4v) is 3.63. The molecule has 3 aromatic rings. The van der Waals surface area contributed by atoms with Gasteiger partial charge in [0, 0.05) is 10.6 Å². The number of hydrogen-bond acceptors (Lipinski definition) is 4. The second-order valence-electron chi connectivity index (χ2n) is 7.09. The normalized spacial score (nSPS) is 15.4. The fraction of sp³-hybridized carbons (Fsp3) is 0.150. The van der Waals surface area contributed by atoms with Gasteiger partial charge in [0.1, 0.15) is 23.0 Å². The molecule has 0 fully saturated rings. The van der Waals surface area contributed by atoms with Crippen molar-refractivity contribution < 1.29 is 30.7 Å². The topological polar surface area (TPSA) is 79.2 Å². The van der Waals surface area contributed by atoms with Crippen LogP contribution in [0.4, 0.5) is 36.6 Å². The lowest BCUT2D eigenvalue weighted by atomic mass is 9.87. The maximum atomic E-state index is 14.2. The van der Waals surface area contributed by atoms with Gasteiger partial charge < -0.3 is 5.32 Å².